The number of para-hydroxylation sites is 1. The third-order valence-corrected chi connectivity index (χ3v) is 3.95. The number of allylic oxidation sites excluding steroid dienone is 2. The molecule has 0 aliphatic rings. The Morgan fingerprint density at radius 2 is 1.43 bits per heavy atom. The Bertz CT molecular complexity index is 381. The molecule has 1 aromatic rings. The van der Waals surface area contributed by atoms with Crippen LogP contribution in [0.1, 0.15) is 76.7 Å². The minimum atomic E-state index is 0.448. The number of aryl methyl sites for hydroxylation is 1. The van der Waals surface area contributed by atoms with Gasteiger partial charge in [-0.15, -0.1) is 0 Å². The summed E-state index contributed by atoms with van der Waals surface area (Å²) in [6, 6.07) is 7.69. The summed E-state index contributed by atoms with van der Waals surface area (Å²) < 4.78 is 0. The predicted octanol–water partition coefficient (Wildman–Crippen LogP) is 6.41. The van der Waals surface area contributed by atoms with Crippen LogP contribution in [0, 0.1) is 0 Å². The van der Waals surface area contributed by atoms with E-state index in [1.165, 1.54) is 64.2 Å². The fourth-order valence-corrected chi connectivity index (χ4v) is 2.58. The Hall–Kier alpha value is -1.24. The molecule has 118 valence electrons. The molecule has 1 nitrogen and oxygen atoms in total. The largest absolute Gasteiger partial charge is 0.508 e. The lowest BCUT2D eigenvalue weighted by Crippen LogP contribution is -1.86. The first-order valence-electron chi connectivity index (χ1n) is 8.76. The van der Waals surface area contributed by atoms with Gasteiger partial charge in [0.2, 0.25) is 0 Å². The van der Waals surface area contributed by atoms with Gasteiger partial charge in [0.25, 0.3) is 0 Å². The standard InChI is InChI=1S/C20H32O/c1-2-3-4-5-6-7-8-9-10-11-12-13-16-19-17-14-15-18-20(19)21/h7-8,14-15,17-18,21H,2-6,9-13,16H2,1H3/b8-7-. The lowest BCUT2D eigenvalue weighted by atomic mass is 10.0. The Labute approximate surface area is 131 Å². The zero-order valence-electron chi connectivity index (χ0n) is 13.7. The molecule has 0 saturated carbocycles. The van der Waals surface area contributed by atoms with E-state index in [1.807, 2.05) is 18.2 Å². The zero-order chi connectivity index (χ0) is 15.2. The van der Waals surface area contributed by atoms with Crippen molar-refractivity contribution >= 4 is 0 Å². The Balaban J connectivity index is 1.91. The van der Waals surface area contributed by atoms with Crippen molar-refractivity contribution < 1.29 is 5.11 Å². The van der Waals surface area contributed by atoms with E-state index in [4.69, 9.17) is 0 Å². The number of unbranched alkanes of at least 4 members (excludes halogenated alkanes) is 8. The second kappa shape index (κ2) is 12.5. The lowest BCUT2D eigenvalue weighted by molar-refractivity contribution is 0.466. The van der Waals surface area contributed by atoms with Crippen LogP contribution in [-0.2, 0) is 6.42 Å². The van der Waals surface area contributed by atoms with Gasteiger partial charge in [-0.25, -0.2) is 0 Å². The molecule has 21 heavy (non-hydrogen) atoms. The highest BCUT2D eigenvalue weighted by atomic mass is 16.3. The van der Waals surface area contributed by atoms with Crippen LogP contribution in [0.4, 0.5) is 0 Å². The summed E-state index contributed by atoms with van der Waals surface area (Å²) in [7, 11) is 0. The third kappa shape index (κ3) is 9.33. The molecule has 0 aliphatic heterocycles. The van der Waals surface area contributed by atoms with E-state index in [1.54, 1.807) is 6.07 Å². The molecular weight excluding hydrogens is 256 g/mol. The number of phenolic OH excluding ortho intramolecular Hbond substituents is 1. The number of aromatic hydroxyl groups is 1. The van der Waals surface area contributed by atoms with Crippen molar-refractivity contribution in [3.05, 3.63) is 42.0 Å². The molecule has 1 N–H and O–H groups in total. The summed E-state index contributed by atoms with van der Waals surface area (Å²) in [6.45, 7) is 2.26. The minimum absolute atomic E-state index is 0.448. The van der Waals surface area contributed by atoms with Crippen LogP contribution in [0.15, 0.2) is 36.4 Å². The summed E-state index contributed by atoms with van der Waals surface area (Å²) in [4.78, 5) is 0. The van der Waals surface area contributed by atoms with Crippen molar-refractivity contribution in [2.75, 3.05) is 0 Å². The van der Waals surface area contributed by atoms with Gasteiger partial charge in [-0.05, 0) is 50.2 Å². The smallest absolute Gasteiger partial charge is 0.118 e. The number of hydrogen-bond donors (Lipinski definition) is 1. The highest BCUT2D eigenvalue weighted by Crippen LogP contribution is 2.18. The number of hydrogen-bond acceptors (Lipinski definition) is 1. The van der Waals surface area contributed by atoms with E-state index in [0.717, 1.165) is 12.0 Å². The van der Waals surface area contributed by atoms with Gasteiger partial charge in [0.05, 0.1) is 0 Å². The molecule has 0 amide bonds. The minimum Gasteiger partial charge on any atom is -0.508 e. The summed E-state index contributed by atoms with van der Waals surface area (Å²) in [5, 5.41) is 9.68. The van der Waals surface area contributed by atoms with Crippen molar-refractivity contribution in [1.29, 1.82) is 0 Å². The third-order valence-electron chi connectivity index (χ3n) is 3.95. The Kier molecular flexibility index (Phi) is 10.6. The van der Waals surface area contributed by atoms with Gasteiger partial charge in [0.15, 0.2) is 0 Å². The number of rotatable bonds is 12. The molecule has 1 aromatic carbocycles. The second-order valence-corrected chi connectivity index (χ2v) is 5.90. The van der Waals surface area contributed by atoms with Gasteiger partial charge in [-0.1, -0.05) is 69.4 Å². The van der Waals surface area contributed by atoms with E-state index < -0.39 is 0 Å². The Morgan fingerprint density at radius 1 is 0.810 bits per heavy atom. The maximum Gasteiger partial charge on any atom is 0.118 e. The van der Waals surface area contributed by atoms with Crippen molar-refractivity contribution in [2.45, 2.75) is 77.6 Å². The van der Waals surface area contributed by atoms with E-state index in [9.17, 15) is 5.11 Å². The molecule has 1 rings (SSSR count). The fourth-order valence-electron chi connectivity index (χ4n) is 2.58. The first kappa shape index (κ1) is 17.8. The predicted molar refractivity (Wildman–Crippen MR) is 92.8 cm³/mol. The zero-order valence-corrected chi connectivity index (χ0v) is 13.7. The average Bonchev–Trinajstić information content (AvgIpc) is 2.50. The number of phenols is 1. The molecule has 0 atom stereocenters. The number of benzene rings is 1. The van der Waals surface area contributed by atoms with Crippen LogP contribution in [0.2, 0.25) is 0 Å². The molecule has 0 bridgehead atoms. The highest BCUT2D eigenvalue weighted by Gasteiger charge is 1.98. The van der Waals surface area contributed by atoms with Crippen molar-refractivity contribution in [2.24, 2.45) is 0 Å². The monoisotopic (exact) mass is 288 g/mol. The van der Waals surface area contributed by atoms with Crippen LogP contribution in [0.3, 0.4) is 0 Å². The van der Waals surface area contributed by atoms with Gasteiger partial charge in [-0.3, -0.25) is 0 Å². The maximum atomic E-state index is 9.68. The molecule has 0 radical (unpaired) electrons. The van der Waals surface area contributed by atoms with Crippen molar-refractivity contribution in [1.82, 2.24) is 0 Å². The fraction of sp³-hybridized carbons (Fsp3) is 0.600. The first-order chi connectivity index (χ1) is 10.3. The molecule has 0 heterocycles. The van der Waals surface area contributed by atoms with Gasteiger partial charge in [0, 0.05) is 0 Å². The van der Waals surface area contributed by atoms with Gasteiger partial charge < -0.3 is 5.11 Å². The highest BCUT2D eigenvalue weighted by molar-refractivity contribution is 5.31. The van der Waals surface area contributed by atoms with Gasteiger partial charge in [0.1, 0.15) is 5.75 Å². The van der Waals surface area contributed by atoms with Crippen LogP contribution >= 0.6 is 0 Å². The molecule has 1 heteroatoms. The van der Waals surface area contributed by atoms with Crippen LogP contribution in [0.5, 0.6) is 5.75 Å². The normalized spacial score (nSPS) is 11.3. The van der Waals surface area contributed by atoms with Crippen LogP contribution < -0.4 is 0 Å². The summed E-state index contributed by atoms with van der Waals surface area (Å²) in [6.07, 6.45) is 18.7. The lowest BCUT2D eigenvalue weighted by Gasteiger charge is -2.03. The van der Waals surface area contributed by atoms with Gasteiger partial charge in [-0.2, -0.15) is 0 Å². The molecule has 0 fully saturated rings. The molecule has 0 aromatic heterocycles. The first-order valence-corrected chi connectivity index (χ1v) is 8.76. The van der Waals surface area contributed by atoms with Crippen molar-refractivity contribution in [3.63, 3.8) is 0 Å². The van der Waals surface area contributed by atoms with E-state index in [2.05, 4.69) is 19.1 Å². The summed E-state index contributed by atoms with van der Waals surface area (Å²) >= 11 is 0. The molecule has 0 spiro atoms. The molecule has 0 aliphatic carbocycles. The summed E-state index contributed by atoms with van der Waals surface area (Å²) in [5.41, 5.74) is 1.09. The van der Waals surface area contributed by atoms with E-state index in [-0.39, 0.29) is 0 Å². The van der Waals surface area contributed by atoms with E-state index >= 15 is 0 Å². The molecule has 0 saturated heterocycles. The SMILES string of the molecule is CCCCCC/C=C\CCCCCCc1ccccc1O. The molecule has 0 unspecified atom stereocenters. The second-order valence-electron chi connectivity index (χ2n) is 5.90. The molecular formula is C20H32O. The van der Waals surface area contributed by atoms with Gasteiger partial charge >= 0.3 is 0 Å². The van der Waals surface area contributed by atoms with E-state index in [0.29, 0.717) is 5.75 Å². The summed E-state index contributed by atoms with van der Waals surface area (Å²) in [5.74, 6) is 0.448. The van der Waals surface area contributed by atoms with Crippen LogP contribution in [0.25, 0.3) is 0 Å². The quantitative estimate of drug-likeness (QED) is 0.348. The average molecular weight is 288 g/mol. The van der Waals surface area contributed by atoms with Crippen molar-refractivity contribution in [3.8, 4) is 5.75 Å². The Morgan fingerprint density at radius 3 is 2.10 bits per heavy atom. The van der Waals surface area contributed by atoms with Crippen LogP contribution in [-0.4, -0.2) is 5.11 Å². The maximum absolute atomic E-state index is 9.68. The topological polar surface area (TPSA) is 20.2 Å².